The van der Waals surface area contributed by atoms with Gasteiger partial charge >= 0.3 is 5.97 Å². The van der Waals surface area contributed by atoms with Crippen molar-refractivity contribution in [3.05, 3.63) is 18.3 Å². The Morgan fingerprint density at radius 1 is 1.53 bits per heavy atom. The van der Waals surface area contributed by atoms with Gasteiger partial charge in [-0.05, 0) is 0 Å². The average Bonchev–Trinajstić information content (AvgIpc) is 2.66. The Labute approximate surface area is 84.4 Å². The van der Waals surface area contributed by atoms with Gasteiger partial charge in [0.1, 0.15) is 17.9 Å². The summed E-state index contributed by atoms with van der Waals surface area (Å²) in [6.45, 7) is 0. The van der Waals surface area contributed by atoms with Crippen molar-refractivity contribution in [2.24, 2.45) is 5.73 Å². The van der Waals surface area contributed by atoms with E-state index in [1.54, 1.807) is 0 Å². The van der Waals surface area contributed by atoms with Gasteiger partial charge in [0.2, 0.25) is 0 Å². The monoisotopic (exact) mass is 207 g/mol. The van der Waals surface area contributed by atoms with Crippen LogP contribution in [0.1, 0.15) is 5.69 Å². The molecule has 15 heavy (non-hydrogen) atoms. The fourth-order valence-electron chi connectivity index (χ4n) is 1.27. The minimum Gasteiger partial charge on any atom is -0.480 e. The second-order valence-electron chi connectivity index (χ2n) is 3.07. The number of aliphatic carboxylic acids is 1. The number of carboxylic acid groups (broad SMARTS) is 1. The molecule has 0 radical (unpaired) electrons. The molecule has 0 aliphatic rings. The number of hydrogen-bond donors (Lipinski definition) is 3. The molecule has 0 bridgehead atoms. The molecule has 7 nitrogen and oxygen atoms in total. The van der Waals surface area contributed by atoms with Gasteiger partial charge in [0, 0.05) is 6.42 Å². The second kappa shape index (κ2) is 3.62. The van der Waals surface area contributed by atoms with Gasteiger partial charge in [0.15, 0.2) is 5.65 Å². The Morgan fingerprint density at radius 3 is 3.07 bits per heavy atom. The lowest BCUT2D eigenvalue weighted by atomic mass is 10.1. The smallest absolute Gasteiger partial charge is 0.320 e. The van der Waals surface area contributed by atoms with Crippen LogP contribution in [-0.2, 0) is 11.2 Å². The van der Waals surface area contributed by atoms with Crippen molar-refractivity contribution in [1.29, 1.82) is 0 Å². The molecule has 7 heteroatoms. The molecule has 0 saturated carbocycles. The molecule has 2 aromatic rings. The van der Waals surface area contributed by atoms with Crippen LogP contribution in [0.4, 0.5) is 0 Å². The minimum atomic E-state index is -1.05. The summed E-state index contributed by atoms with van der Waals surface area (Å²) in [7, 11) is 0. The molecule has 0 saturated heterocycles. The molecule has 1 atom stereocenters. The third-order valence-electron chi connectivity index (χ3n) is 2.03. The molecular formula is C8H9N5O2. The highest BCUT2D eigenvalue weighted by Gasteiger charge is 2.15. The van der Waals surface area contributed by atoms with Gasteiger partial charge in [0.25, 0.3) is 0 Å². The Balaban J connectivity index is 2.35. The van der Waals surface area contributed by atoms with Gasteiger partial charge in [-0.15, -0.1) is 0 Å². The van der Waals surface area contributed by atoms with Crippen molar-refractivity contribution in [2.45, 2.75) is 12.5 Å². The number of nitrogens with zero attached hydrogens (tertiary/aromatic N) is 3. The van der Waals surface area contributed by atoms with Crippen LogP contribution < -0.4 is 5.73 Å². The van der Waals surface area contributed by atoms with Crippen LogP contribution in [0.25, 0.3) is 11.2 Å². The van der Waals surface area contributed by atoms with Gasteiger partial charge in [-0.2, -0.15) is 0 Å². The van der Waals surface area contributed by atoms with Crippen LogP contribution in [0.2, 0.25) is 0 Å². The summed E-state index contributed by atoms with van der Waals surface area (Å²) < 4.78 is 0. The average molecular weight is 207 g/mol. The van der Waals surface area contributed by atoms with Gasteiger partial charge in [-0.25, -0.2) is 15.0 Å². The number of H-pyrrole nitrogens is 1. The first-order valence-electron chi connectivity index (χ1n) is 4.30. The van der Waals surface area contributed by atoms with E-state index < -0.39 is 12.0 Å². The van der Waals surface area contributed by atoms with E-state index in [9.17, 15) is 4.79 Å². The molecule has 0 unspecified atom stereocenters. The van der Waals surface area contributed by atoms with E-state index in [1.165, 1.54) is 12.7 Å². The fraction of sp³-hybridized carbons (Fsp3) is 0.250. The Hall–Kier alpha value is -2.02. The number of carbonyl (C=O) groups is 1. The first-order chi connectivity index (χ1) is 7.18. The molecular weight excluding hydrogens is 198 g/mol. The molecule has 0 fully saturated rings. The fourth-order valence-corrected chi connectivity index (χ4v) is 1.27. The van der Waals surface area contributed by atoms with Gasteiger partial charge in [0.05, 0.1) is 12.0 Å². The van der Waals surface area contributed by atoms with E-state index in [2.05, 4.69) is 19.9 Å². The Bertz CT molecular complexity index is 494. The number of aromatic nitrogens is 4. The van der Waals surface area contributed by atoms with Crippen LogP contribution in [0.3, 0.4) is 0 Å². The zero-order valence-corrected chi connectivity index (χ0v) is 7.71. The van der Waals surface area contributed by atoms with Gasteiger partial charge in [-0.1, -0.05) is 0 Å². The summed E-state index contributed by atoms with van der Waals surface area (Å²) >= 11 is 0. The van der Waals surface area contributed by atoms with Crippen molar-refractivity contribution in [3.63, 3.8) is 0 Å². The van der Waals surface area contributed by atoms with Crippen LogP contribution in [-0.4, -0.2) is 37.1 Å². The number of fused-ring (bicyclic) bond motifs is 1. The molecule has 0 spiro atoms. The quantitative estimate of drug-likeness (QED) is 0.613. The molecule has 0 aromatic carbocycles. The molecule has 0 amide bonds. The largest absolute Gasteiger partial charge is 0.480 e. The van der Waals surface area contributed by atoms with E-state index in [1.807, 2.05) is 0 Å². The van der Waals surface area contributed by atoms with E-state index in [4.69, 9.17) is 10.8 Å². The molecule has 2 aromatic heterocycles. The SMILES string of the molecule is N[C@@H](Cc1ncnc2nc[nH]c12)C(=O)O. The first kappa shape index (κ1) is 9.53. The van der Waals surface area contributed by atoms with Crippen molar-refractivity contribution in [1.82, 2.24) is 19.9 Å². The molecule has 2 rings (SSSR count). The summed E-state index contributed by atoms with van der Waals surface area (Å²) in [5.74, 6) is -1.05. The predicted octanol–water partition coefficient (Wildman–Crippen LogP) is -0.693. The van der Waals surface area contributed by atoms with E-state index in [0.29, 0.717) is 16.9 Å². The standard InChI is InChI=1S/C8H9N5O2/c9-4(8(14)15)1-5-6-7(12-2-10-5)13-3-11-6/h2-4H,1,9H2,(H,14,15)(H,10,11,12,13)/t4-/m0/s1. The van der Waals surface area contributed by atoms with Gasteiger partial charge in [-0.3, -0.25) is 4.79 Å². The number of imidazole rings is 1. The van der Waals surface area contributed by atoms with E-state index in [-0.39, 0.29) is 6.42 Å². The lowest BCUT2D eigenvalue weighted by molar-refractivity contribution is -0.138. The maximum atomic E-state index is 10.6. The minimum absolute atomic E-state index is 0.149. The molecule has 78 valence electrons. The third kappa shape index (κ3) is 1.77. The summed E-state index contributed by atoms with van der Waals surface area (Å²) in [4.78, 5) is 25.3. The summed E-state index contributed by atoms with van der Waals surface area (Å²) in [6, 6.07) is -0.966. The maximum absolute atomic E-state index is 10.6. The molecule has 2 heterocycles. The maximum Gasteiger partial charge on any atom is 0.320 e. The highest BCUT2D eigenvalue weighted by Crippen LogP contribution is 2.10. The van der Waals surface area contributed by atoms with Crippen molar-refractivity contribution < 1.29 is 9.90 Å². The van der Waals surface area contributed by atoms with Crippen molar-refractivity contribution >= 4 is 17.1 Å². The van der Waals surface area contributed by atoms with Crippen LogP contribution in [0.5, 0.6) is 0 Å². The Morgan fingerprint density at radius 2 is 2.33 bits per heavy atom. The number of aromatic amines is 1. The highest BCUT2D eigenvalue weighted by molar-refractivity contribution is 5.76. The molecule has 0 aliphatic carbocycles. The zero-order valence-electron chi connectivity index (χ0n) is 7.71. The summed E-state index contributed by atoms with van der Waals surface area (Å²) in [5, 5.41) is 8.67. The first-order valence-corrected chi connectivity index (χ1v) is 4.30. The normalized spacial score (nSPS) is 12.9. The number of nitrogens with two attached hydrogens (primary N) is 1. The predicted molar refractivity (Wildman–Crippen MR) is 51.0 cm³/mol. The topological polar surface area (TPSA) is 118 Å². The molecule has 0 aliphatic heterocycles. The van der Waals surface area contributed by atoms with E-state index >= 15 is 0 Å². The van der Waals surface area contributed by atoms with Crippen LogP contribution in [0, 0.1) is 0 Å². The lowest BCUT2D eigenvalue weighted by Gasteiger charge is -2.05. The zero-order chi connectivity index (χ0) is 10.8. The van der Waals surface area contributed by atoms with Crippen molar-refractivity contribution in [3.8, 4) is 0 Å². The number of nitrogens with one attached hydrogen (secondary N) is 1. The van der Waals surface area contributed by atoms with Crippen LogP contribution in [0.15, 0.2) is 12.7 Å². The summed E-state index contributed by atoms with van der Waals surface area (Å²) in [6.07, 6.45) is 2.97. The van der Waals surface area contributed by atoms with E-state index in [0.717, 1.165) is 0 Å². The second-order valence-corrected chi connectivity index (χ2v) is 3.07. The Kier molecular flexibility index (Phi) is 2.30. The molecule has 4 N–H and O–H groups in total. The third-order valence-corrected chi connectivity index (χ3v) is 2.03. The highest BCUT2D eigenvalue weighted by atomic mass is 16.4. The number of hydrogen-bond acceptors (Lipinski definition) is 5. The number of carboxylic acids is 1. The van der Waals surface area contributed by atoms with Crippen molar-refractivity contribution in [2.75, 3.05) is 0 Å². The summed E-state index contributed by atoms with van der Waals surface area (Å²) in [5.41, 5.74) is 7.12. The van der Waals surface area contributed by atoms with Crippen LogP contribution >= 0.6 is 0 Å². The van der Waals surface area contributed by atoms with Gasteiger partial charge < -0.3 is 15.8 Å². The number of rotatable bonds is 3. The lowest BCUT2D eigenvalue weighted by Crippen LogP contribution is -2.32.